The van der Waals surface area contributed by atoms with Crippen molar-refractivity contribution >= 4 is 17.3 Å². The van der Waals surface area contributed by atoms with Crippen LogP contribution in [0.15, 0.2) is 42.7 Å². The van der Waals surface area contributed by atoms with E-state index in [1.165, 1.54) is 6.07 Å². The third-order valence-electron chi connectivity index (χ3n) is 6.38. The van der Waals surface area contributed by atoms with E-state index < -0.39 is 17.5 Å². The van der Waals surface area contributed by atoms with E-state index in [1.807, 2.05) is 29.3 Å². The van der Waals surface area contributed by atoms with E-state index in [0.717, 1.165) is 22.6 Å². The van der Waals surface area contributed by atoms with Crippen LogP contribution in [0.4, 0.5) is 24.7 Å². The van der Waals surface area contributed by atoms with Crippen LogP contribution in [0.25, 0.3) is 0 Å². The lowest BCUT2D eigenvalue weighted by Gasteiger charge is -2.35. The Morgan fingerprint density at radius 3 is 2.72 bits per heavy atom. The van der Waals surface area contributed by atoms with Crippen molar-refractivity contribution in [2.24, 2.45) is 0 Å². The first-order valence-electron chi connectivity index (χ1n) is 11.5. The molecule has 0 radical (unpaired) electrons. The van der Waals surface area contributed by atoms with Gasteiger partial charge in [0.2, 0.25) is 5.84 Å². The molecule has 188 valence electrons. The van der Waals surface area contributed by atoms with Crippen LogP contribution in [0.5, 0.6) is 0 Å². The van der Waals surface area contributed by atoms with Crippen LogP contribution < -0.4 is 15.3 Å². The fourth-order valence-electron chi connectivity index (χ4n) is 4.56. The van der Waals surface area contributed by atoms with Crippen LogP contribution in [0.1, 0.15) is 28.6 Å². The van der Waals surface area contributed by atoms with Gasteiger partial charge in [0.05, 0.1) is 30.7 Å². The Bertz CT molecular complexity index is 1340. The second kappa shape index (κ2) is 9.34. The Balaban J connectivity index is 1.39. The monoisotopic (exact) mass is 498 g/mol. The summed E-state index contributed by atoms with van der Waals surface area (Å²) in [6.45, 7) is 4.53. The summed E-state index contributed by atoms with van der Waals surface area (Å²) in [6, 6.07) is 9.11. The maximum Gasteiger partial charge on any atom is 0.451 e. The Kier molecular flexibility index (Phi) is 6.20. The normalized spacial score (nSPS) is 18.2. The standard InChI is InChI=1S/C24H25F3N8O/c1-15-10-21(28)35(23(29)24(25,26)27)32-22(15)34-7-5-18-16(13-34)11-17(12-31-18)33-8-9-36-20(14-33)19-4-2-3-6-30-19/h2-4,6,10-12,20,28-29H,5,7-9,13-14H2,1H3. The topological polar surface area (TPSA) is 107 Å². The summed E-state index contributed by atoms with van der Waals surface area (Å²) in [5, 5.41) is 19.4. The summed E-state index contributed by atoms with van der Waals surface area (Å²) < 4.78 is 45.7. The maximum atomic E-state index is 13.1. The Labute approximate surface area is 205 Å². The zero-order valence-corrected chi connectivity index (χ0v) is 19.6. The van der Waals surface area contributed by atoms with E-state index in [0.29, 0.717) is 55.3 Å². The summed E-state index contributed by atoms with van der Waals surface area (Å²) >= 11 is 0. The quantitative estimate of drug-likeness (QED) is 0.425. The number of aryl methyl sites for hydroxylation is 1. The molecule has 0 saturated carbocycles. The fraction of sp³-hybridized carbons (Fsp3) is 0.375. The molecule has 0 aromatic carbocycles. The summed E-state index contributed by atoms with van der Waals surface area (Å²) in [6.07, 6.45) is -0.849. The van der Waals surface area contributed by atoms with Crippen LogP contribution in [0.2, 0.25) is 0 Å². The van der Waals surface area contributed by atoms with Crippen molar-refractivity contribution in [3.05, 3.63) is 70.7 Å². The zero-order valence-electron chi connectivity index (χ0n) is 19.6. The molecule has 2 N–H and O–H groups in total. The molecule has 3 aromatic rings. The molecule has 1 unspecified atom stereocenters. The minimum absolute atomic E-state index is 0.151. The summed E-state index contributed by atoms with van der Waals surface area (Å²) in [5.41, 5.74) is 3.81. The lowest BCUT2D eigenvalue weighted by atomic mass is 10.0. The molecule has 2 aliphatic rings. The molecule has 0 amide bonds. The number of hydrogen-bond donors (Lipinski definition) is 2. The number of hydrogen-bond acceptors (Lipinski definition) is 8. The van der Waals surface area contributed by atoms with Gasteiger partial charge in [0.1, 0.15) is 11.6 Å². The van der Waals surface area contributed by atoms with E-state index in [1.54, 1.807) is 13.1 Å². The largest absolute Gasteiger partial charge is 0.451 e. The minimum atomic E-state index is -4.90. The van der Waals surface area contributed by atoms with Gasteiger partial charge in [-0.3, -0.25) is 20.8 Å². The number of ether oxygens (including phenoxy) is 1. The van der Waals surface area contributed by atoms with Crippen LogP contribution >= 0.6 is 0 Å². The number of pyridine rings is 2. The number of fused-ring (bicyclic) bond motifs is 1. The third kappa shape index (κ3) is 4.68. The maximum absolute atomic E-state index is 13.1. The molecule has 1 saturated heterocycles. The van der Waals surface area contributed by atoms with Gasteiger partial charge in [0.15, 0.2) is 5.82 Å². The van der Waals surface area contributed by atoms with Gasteiger partial charge in [-0.05, 0) is 42.3 Å². The molecule has 9 nitrogen and oxygen atoms in total. The summed E-state index contributed by atoms with van der Waals surface area (Å²) in [7, 11) is 0. The van der Waals surface area contributed by atoms with Crippen molar-refractivity contribution in [2.75, 3.05) is 36.0 Å². The lowest BCUT2D eigenvalue weighted by molar-refractivity contribution is -0.0632. The smallest absolute Gasteiger partial charge is 0.368 e. The van der Waals surface area contributed by atoms with Gasteiger partial charge in [-0.25, -0.2) is 0 Å². The minimum Gasteiger partial charge on any atom is -0.368 e. The molecule has 2 aliphatic heterocycles. The first-order valence-corrected chi connectivity index (χ1v) is 11.5. The van der Waals surface area contributed by atoms with Gasteiger partial charge in [-0.1, -0.05) is 6.07 Å². The first-order chi connectivity index (χ1) is 17.2. The molecule has 1 fully saturated rings. The molecule has 0 aliphatic carbocycles. The number of anilines is 2. The second-order valence-corrected chi connectivity index (χ2v) is 8.83. The number of halogens is 3. The number of rotatable bonds is 3. The molecule has 0 spiro atoms. The molecule has 1 atom stereocenters. The number of aromatic nitrogens is 4. The number of alkyl halides is 3. The predicted octanol–water partition coefficient (Wildman–Crippen LogP) is 2.99. The van der Waals surface area contributed by atoms with E-state index >= 15 is 0 Å². The van der Waals surface area contributed by atoms with Gasteiger partial charge in [-0.2, -0.15) is 17.9 Å². The van der Waals surface area contributed by atoms with E-state index in [9.17, 15) is 13.2 Å². The average molecular weight is 499 g/mol. The van der Waals surface area contributed by atoms with Crippen LogP contribution in [-0.2, 0) is 17.7 Å². The fourth-order valence-corrected chi connectivity index (χ4v) is 4.56. The summed E-state index contributed by atoms with van der Waals surface area (Å²) in [4.78, 5) is 13.2. The Morgan fingerprint density at radius 2 is 1.97 bits per heavy atom. The van der Waals surface area contributed by atoms with E-state index in [4.69, 9.17) is 15.6 Å². The zero-order chi connectivity index (χ0) is 25.4. The predicted molar refractivity (Wildman–Crippen MR) is 126 cm³/mol. The highest BCUT2D eigenvalue weighted by Gasteiger charge is 2.37. The van der Waals surface area contributed by atoms with Gasteiger partial charge in [0, 0.05) is 37.9 Å². The van der Waals surface area contributed by atoms with E-state index in [-0.39, 0.29) is 6.10 Å². The van der Waals surface area contributed by atoms with Gasteiger partial charge in [0.25, 0.3) is 0 Å². The number of nitrogens with one attached hydrogen (secondary N) is 2. The van der Waals surface area contributed by atoms with Crippen molar-refractivity contribution < 1.29 is 17.9 Å². The van der Waals surface area contributed by atoms with Crippen LogP contribution in [-0.4, -0.2) is 58.0 Å². The van der Waals surface area contributed by atoms with Crippen molar-refractivity contribution in [1.82, 2.24) is 19.7 Å². The molecular formula is C24H25F3N8O. The summed E-state index contributed by atoms with van der Waals surface area (Å²) in [5.74, 6) is -1.37. The molecule has 5 rings (SSSR count). The third-order valence-corrected chi connectivity index (χ3v) is 6.38. The highest BCUT2D eigenvalue weighted by Crippen LogP contribution is 2.29. The molecule has 36 heavy (non-hydrogen) atoms. The average Bonchev–Trinajstić information content (AvgIpc) is 2.88. The molecule has 3 aromatic heterocycles. The van der Waals surface area contributed by atoms with Gasteiger partial charge < -0.3 is 14.5 Å². The van der Waals surface area contributed by atoms with Crippen molar-refractivity contribution in [1.29, 1.82) is 10.8 Å². The Hall–Kier alpha value is -3.80. The van der Waals surface area contributed by atoms with E-state index in [2.05, 4.69) is 26.0 Å². The molecule has 12 heteroatoms. The number of morpholine rings is 1. The first kappa shape index (κ1) is 23.9. The van der Waals surface area contributed by atoms with Crippen molar-refractivity contribution in [2.45, 2.75) is 32.2 Å². The Morgan fingerprint density at radius 1 is 1.14 bits per heavy atom. The van der Waals surface area contributed by atoms with Crippen molar-refractivity contribution in [3.8, 4) is 0 Å². The van der Waals surface area contributed by atoms with Crippen LogP contribution in [0.3, 0.4) is 0 Å². The van der Waals surface area contributed by atoms with Gasteiger partial charge in [-0.15, -0.1) is 5.10 Å². The number of nitrogens with zero attached hydrogens (tertiary/aromatic N) is 6. The van der Waals surface area contributed by atoms with Crippen LogP contribution in [0, 0.1) is 17.7 Å². The highest BCUT2D eigenvalue weighted by molar-refractivity contribution is 5.86. The lowest BCUT2D eigenvalue weighted by Crippen LogP contribution is -2.41. The SMILES string of the molecule is Cc1cc(=N)n(C(=N)C(F)(F)F)nc1N1CCc2ncc(N3CCOC(c4ccccn4)C3)cc2C1. The highest BCUT2D eigenvalue weighted by atomic mass is 19.4. The van der Waals surface area contributed by atoms with Crippen molar-refractivity contribution in [3.63, 3.8) is 0 Å². The molecule has 5 heterocycles. The molecular weight excluding hydrogens is 473 g/mol. The van der Waals surface area contributed by atoms with Gasteiger partial charge >= 0.3 is 6.18 Å². The second-order valence-electron chi connectivity index (χ2n) is 8.83. The molecule has 0 bridgehead atoms.